The maximum Gasteiger partial charge on any atom is 0.303 e. The number of thioether (sulfide) groups is 1. The molecule has 2 N–H and O–H groups in total. The van der Waals surface area contributed by atoms with E-state index >= 15 is 0 Å². The summed E-state index contributed by atoms with van der Waals surface area (Å²) in [5, 5.41) is 11.8. The highest BCUT2D eigenvalue weighted by Crippen LogP contribution is 2.25. The molecular formula is C16H29NO3S. The van der Waals surface area contributed by atoms with Crippen molar-refractivity contribution >= 4 is 23.6 Å². The minimum atomic E-state index is -0.727. The summed E-state index contributed by atoms with van der Waals surface area (Å²) in [4.78, 5) is 22.5. The smallest absolute Gasteiger partial charge is 0.303 e. The molecule has 1 heterocycles. The lowest BCUT2D eigenvalue weighted by Gasteiger charge is -2.21. The van der Waals surface area contributed by atoms with Crippen molar-refractivity contribution in [3.63, 3.8) is 0 Å². The topological polar surface area (TPSA) is 66.4 Å². The molecule has 0 aliphatic carbocycles. The maximum absolute atomic E-state index is 11.9. The van der Waals surface area contributed by atoms with E-state index in [4.69, 9.17) is 5.11 Å². The molecule has 0 saturated carbocycles. The van der Waals surface area contributed by atoms with Crippen LogP contribution in [0, 0.1) is 11.8 Å². The minimum Gasteiger partial charge on any atom is -0.481 e. The molecule has 0 aromatic heterocycles. The molecule has 0 spiro atoms. The molecule has 0 aromatic rings. The van der Waals surface area contributed by atoms with E-state index in [1.54, 1.807) is 0 Å². The Morgan fingerprint density at radius 2 is 1.95 bits per heavy atom. The van der Waals surface area contributed by atoms with Crippen LogP contribution in [0.25, 0.3) is 0 Å². The Balaban J connectivity index is 2.16. The summed E-state index contributed by atoms with van der Waals surface area (Å²) in [6.07, 6.45) is 6.95. The summed E-state index contributed by atoms with van der Waals surface area (Å²) in [5.74, 6) is 2.79. The quantitative estimate of drug-likeness (QED) is 0.649. The van der Waals surface area contributed by atoms with Crippen LogP contribution >= 0.6 is 11.8 Å². The van der Waals surface area contributed by atoms with Crippen molar-refractivity contribution in [1.29, 1.82) is 0 Å². The Labute approximate surface area is 132 Å². The van der Waals surface area contributed by atoms with Gasteiger partial charge in [-0.15, -0.1) is 0 Å². The lowest BCUT2D eigenvalue weighted by molar-refractivity contribution is -0.137. The van der Waals surface area contributed by atoms with E-state index in [1.807, 2.05) is 11.8 Å². The molecule has 1 rings (SSSR count). The van der Waals surface area contributed by atoms with Gasteiger partial charge in [0.05, 0.1) is 0 Å². The van der Waals surface area contributed by atoms with Gasteiger partial charge in [0, 0.05) is 19.4 Å². The van der Waals surface area contributed by atoms with Crippen LogP contribution in [0.3, 0.4) is 0 Å². The van der Waals surface area contributed by atoms with Crippen LogP contribution in [-0.2, 0) is 9.59 Å². The Bertz CT molecular complexity index is 317. The first-order chi connectivity index (χ1) is 10.1. The zero-order valence-electron chi connectivity index (χ0n) is 13.1. The lowest BCUT2D eigenvalue weighted by atomic mass is 9.94. The van der Waals surface area contributed by atoms with Crippen molar-refractivity contribution in [3.8, 4) is 0 Å². The van der Waals surface area contributed by atoms with E-state index in [0.717, 1.165) is 38.5 Å². The molecule has 1 fully saturated rings. The second kappa shape index (κ2) is 10.9. The van der Waals surface area contributed by atoms with Gasteiger partial charge in [-0.25, -0.2) is 0 Å². The molecule has 1 aliphatic rings. The minimum absolute atomic E-state index is 0.167. The molecular weight excluding hydrogens is 286 g/mol. The van der Waals surface area contributed by atoms with Crippen molar-refractivity contribution in [3.05, 3.63) is 0 Å². The largest absolute Gasteiger partial charge is 0.481 e. The standard InChI is InChI=1S/C16H29NO3S/c1-2-3-13(4-5-16(19)20)6-9-17-15(18)12-14-7-10-21-11-8-14/h13-14H,2-12H2,1H3,(H,17,18)(H,19,20). The van der Waals surface area contributed by atoms with Crippen LogP contribution in [-0.4, -0.2) is 35.0 Å². The summed E-state index contributed by atoms with van der Waals surface area (Å²) in [7, 11) is 0. The summed E-state index contributed by atoms with van der Waals surface area (Å²) >= 11 is 1.98. The van der Waals surface area contributed by atoms with Crippen LogP contribution in [0.15, 0.2) is 0 Å². The van der Waals surface area contributed by atoms with E-state index in [-0.39, 0.29) is 12.3 Å². The van der Waals surface area contributed by atoms with E-state index in [0.29, 0.717) is 24.8 Å². The van der Waals surface area contributed by atoms with Gasteiger partial charge in [0.2, 0.25) is 5.91 Å². The number of hydrogen-bond acceptors (Lipinski definition) is 3. The number of hydrogen-bond donors (Lipinski definition) is 2. The Morgan fingerprint density at radius 1 is 1.24 bits per heavy atom. The number of carboxylic acids is 1. The Morgan fingerprint density at radius 3 is 2.57 bits per heavy atom. The fourth-order valence-corrected chi connectivity index (χ4v) is 4.07. The molecule has 1 amide bonds. The fraction of sp³-hybridized carbons (Fsp3) is 0.875. The predicted molar refractivity (Wildman–Crippen MR) is 87.6 cm³/mol. The number of nitrogens with one attached hydrogen (secondary N) is 1. The Hall–Kier alpha value is -0.710. The molecule has 1 atom stereocenters. The molecule has 1 aliphatic heterocycles. The second-order valence-corrected chi connectivity index (χ2v) is 7.21. The molecule has 0 aromatic carbocycles. The summed E-state index contributed by atoms with van der Waals surface area (Å²) in [5.41, 5.74) is 0. The summed E-state index contributed by atoms with van der Waals surface area (Å²) in [6.45, 7) is 2.80. The van der Waals surface area contributed by atoms with Gasteiger partial charge in [0.1, 0.15) is 0 Å². The van der Waals surface area contributed by atoms with Gasteiger partial charge in [-0.2, -0.15) is 11.8 Å². The van der Waals surface area contributed by atoms with E-state index in [9.17, 15) is 9.59 Å². The lowest BCUT2D eigenvalue weighted by Crippen LogP contribution is -2.28. The van der Waals surface area contributed by atoms with Crippen LogP contribution in [0.4, 0.5) is 0 Å². The highest BCUT2D eigenvalue weighted by molar-refractivity contribution is 7.99. The predicted octanol–water partition coefficient (Wildman–Crippen LogP) is 3.31. The second-order valence-electron chi connectivity index (χ2n) is 5.99. The van der Waals surface area contributed by atoms with E-state index < -0.39 is 5.97 Å². The summed E-state index contributed by atoms with van der Waals surface area (Å²) < 4.78 is 0. The third-order valence-electron chi connectivity index (χ3n) is 4.15. The van der Waals surface area contributed by atoms with Crippen molar-refractivity contribution in [2.75, 3.05) is 18.1 Å². The third-order valence-corrected chi connectivity index (χ3v) is 5.20. The van der Waals surface area contributed by atoms with Crippen LogP contribution < -0.4 is 5.32 Å². The third kappa shape index (κ3) is 9.02. The van der Waals surface area contributed by atoms with Crippen LogP contribution in [0.2, 0.25) is 0 Å². The van der Waals surface area contributed by atoms with Gasteiger partial charge in [0.25, 0.3) is 0 Å². The molecule has 1 unspecified atom stereocenters. The average Bonchev–Trinajstić information content (AvgIpc) is 2.45. The Kier molecular flexibility index (Phi) is 9.55. The number of amides is 1. The SMILES string of the molecule is CCCC(CCNC(=O)CC1CCSCC1)CCC(=O)O. The first kappa shape index (κ1) is 18.3. The van der Waals surface area contributed by atoms with Crippen molar-refractivity contribution in [2.24, 2.45) is 11.8 Å². The number of carbonyl (C=O) groups excluding carboxylic acids is 1. The molecule has 0 bridgehead atoms. The number of rotatable bonds is 10. The monoisotopic (exact) mass is 315 g/mol. The zero-order chi connectivity index (χ0) is 15.5. The van der Waals surface area contributed by atoms with E-state index in [2.05, 4.69) is 12.2 Å². The van der Waals surface area contributed by atoms with Crippen LogP contribution in [0.5, 0.6) is 0 Å². The van der Waals surface area contributed by atoms with E-state index in [1.165, 1.54) is 11.5 Å². The zero-order valence-corrected chi connectivity index (χ0v) is 13.9. The van der Waals surface area contributed by atoms with Gasteiger partial charge in [-0.1, -0.05) is 19.8 Å². The van der Waals surface area contributed by atoms with Gasteiger partial charge in [-0.3, -0.25) is 9.59 Å². The van der Waals surface area contributed by atoms with Crippen molar-refractivity contribution in [2.45, 2.75) is 58.3 Å². The van der Waals surface area contributed by atoms with Crippen LogP contribution in [0.1, 0.15) is 58.3 Å². The fourth-order valence-electron chi connectivity index (χ4n) is 2.87. The summed E-state index contributed by atoms with van der Waals surface area (Å²) in [6, 6.07) is 0. The molecule has 1 saturated heterocycles. The highest BCUT2D eigenvalue weighted by Gasteiger charge is 2.17. The molecule has 0 radical (unpaired) electrons. The maximum atomic E-state index is 11.9. The van der Waals surface area contributed by atoms with Gasteiger partial charge < -0.3 is 10.4 Å². The van der Waals surface area contributed by atoms with Gasteiger partial charge >= 0.3 is 5.97 Å². The number of carboxylic acid groups (broad SMARTS) is 1. The highest BCUT2D eigenvalue weighted by atomic mass is 32.2. The first-order valence-electron chi connectivity index (χ1n) is 8.18. The van der Waals surface area contributed by atoms with Gasteiger partial charge in [-0.05, 0) is 49.0 Å². The average molecular weight is 315 g/mol. The van der Waals surface area contributed by atoms with Gasteiger partial charge in [0.15, 0.2) is 0 Å². The number of aliphatic carboxylic acids is 1. The molecule has 21 heavy (non-hydrogen) atoms. The first-order valence-corrected chi connectivity index (χ1v) is 9.33. The normalized spacial score (nSPS) is 17.4. The van der Waals surface area contributed by atoms with Crippen molar-refractivity contribution in [1.82, 2.24) is 5.32 Å². The van der Waals surface area contributed by atoms with Crippen molar-refractivity contribution < 1.29 is 14.7 Å². The molecule has 4 nitrogen and oxygen atoms in total. The number of carbonyl (C=O) groups is 2. The molecule has 5 heteroatoms. The molecule has 122 valence electrons.